The van der Waals surface area contributed by atoms with Crippen molar-refractivity contribution < 1.29 is 9.53 Å². The van der Waals surface area contributed by atoms with Gasteiger partial charge in [-0.15, -0.1) is 0 Å². The molecule has 3 rings (SSSR count). The number of methoxy groups -OCH3 is 1. The molecule has 0 unspecified atom stereocenters. The average molecular weight is 393 g/mol. The number of hydrogen-bond donors (Lipinski definition) is 1. The minimum absolute atomic E-state index is 0.0156. The van der Waals surface area contributed by atoms with E-state index in [0.29, 0.717) is 29.7 Å². The Labute approximate surface area is 170 Å². The smallest absolute Gasteiger partial charge is 0.258 e. The minimum atomic E-state index is -0.531. The maximum atomic E-state index is 13.0. The molecule has 0 fully saturated rings. The van der Waals surface area contributed by atoms with E-state index in [1.807, 2.05) is 57.2 Å². The van der Waals surface area contributed by atoms with Crippen LogP contribution in [0.5, 0.6) is 5.75 Å². The first kappa shape index (κ1) is 20.6. The van der Waals surface area contributed by atoms with Crippen LogP contribution < -0.4 is 10.3 Å². The van der Waals surface area contributed by atoms with E-state index in [9.17, 15) is 9.59 Å². The molecule has 0 saturated carbocycles. The van der Waals surface area contributed by atoms with Crippen molar-refractivity contribution in [1.29, 1.82) is 0 Å². The largest absolute Gasteiger partial charge is 0.497 e. The Morgan fingerprint density at radius 3 is 2.45 bits per heavy atom. The third-order valence-corrected chi connectivity index (χ3v) is 4.76. The van der Waals surface area contributed by atoms with Crippen molar-refractivity contribution in [2.45, 2.75) is 33.7 Å². The van der Waals surface area contributed by atoms with Gasteiger partial charge in [-0.25, -0.2) is 4.98 Å². The van der Waals surface area contributed by atoms with Crippen LogP contribution in [0.3, 0.4) is 0 Å². The van der Waals surface area contributed by atoms with Gasteiger partial charge >= 0.3 is 0 Å². The molecular weight excluding hydrogens is 366 g/mol. The molecule has 3 aromatic rings. The highest BCUT2D eigenvalue weighted by molar-refractivity contribution is 5.81. The summed E-state index contributed by atoms with van der Waals surface area (Å²) >= 11 is 0. The normalized spacial score (nSPS) is 11.4. The lowest BCUT2D eigenvalue weighted by atomic mass is 9.94. The van der Waals surface area contributed by atoms with Crippen molar-refractivity contribution in [1.82, 2.24) is 14.9 Å². The van der Waals surface area contributed by atoms with Gasteiger partial charge in [0.05, 0.1) is 24.6 Å². The molecule has 152 valence electrons. The lowest BCUT2D eigenvalue weighted by molar-refractivity contribution is -0.140. The first-order valence-corrected chi connectivity index (χ1v) is 9.68. The Bertz CT molecular complexity index is 1050. The second kappa shape index (κ2) is 8.47. The monoisotopic (exact) mass is 393 g/mol. The van der Waals surface area contributed by atoms with Gasteiger partial charge < -0.3 is 14.6 Å². The summed E-state index contributed by atoms with van der Waals surface area (Å²) in [6.07, 6.45) is 0.698. The number of amides is 1. The minimum Gasteiger partial charge on any atom is -0.497 e. The van der Waals surface area contributed by atoms with Crippen LogP contribution in [0.15, 0.2) is 53.3 Å². The van der Waals surface area contributed by atoms with Crippen LogP contribution in [0, 0.1) is 5.41 Å². The van der Waals surface area contributed by atoms with Gasteiger partial charge in [-0.2, -0.15) is 0 Å². The van der Waals surface area contributed by atoms with Crippen LogP contribution in [-0.4, -0.2) is 34.4 Å². The molecule has 2 aromatic carbocycles. The summed E-state index contributed by atoms with van der Waals surface area (Å²) in [4.78, 5) is 34.5. The zero-order valence-electron chi connectivity index (χ0n) is 17.4. The van der Waals surface area contributed by atoms with Crippen LogP contribution in [-0.2, 0) is 17.8 Å². The third kappa shape index (κ3) is 5.02. The fourth-order valence-corrected chi connectivity index (χ4v) is 3.17. The summed E-state index contributed by atoms with van der Waals surface area (Å²) in [6.45, 7) is 6.47. The molecule has 0 saturated heterocycles. The molecule has 0 aliphatic heterocycles. The molecule has 1 N–H and O–H groups in total. The molecule has 1 heterocycles. The van der Waals surface area contributed by atoms with Gasteiger partial charge in [0.2, 0.25) is 5.91 Å². The highest BCUT2D eigenvalue weighted by Gasteiger charge is 2.27. The fourth-order valence-electron chi connectivity index (χ4n) is 3.17. The average Bonchev–Trinajstić information content (AvgIpc) is 2.70. The predicted molar refractivity (Wildman–Crippen MR) is 114 cm³/mol. The van der Waals surface area contributed by atoms with E-state index < -0.39 is 5.41 Å². The van der Waals surface area contributed by atoms with Gasteiger partial charge in [-0.05, 0) is 36.2 Å². The highest BCUT2D eigenvalue weighted by atomic mass is 16.5. The lowest BCUT2D eigenvalue weighted by Gasteiger charge is -2.29. The molecule has 0 radical (unpaired) electrons. The zero-order valence-corrected chi connectivity index (χ0v) is 17.4. The first-order chi connectivity index (χ1) is 13.8. The number of ether oxygens (including phenoxy) is 1. The zero-order chi connectivity index (χ0) is 21.0. The molecule has 0 spiro atoms. The molecule has 29 heavy (non-hydrogen) atoms. The molecule has 6 nitrogen and oxygen atoms in total. The Morgan fingerprint density at radius 2 is 1.79 bits per heavy atom. The summed E-state index contributed by atoms with van der Waals surface area (Å²) < 4.78 is 5.20. The van der Waals surface area contributed by atoms with Gasteiger partial charge in [0, 0.05) is 12.0 Å². The van der Waals surface area contributed by atoms with Crippen molar-refractivity contribution in [2.75, 3.05) is 13.7 Å². The van der Waals surface area contributed by atoms with Crippen molar-refractivity contribution in [3.63, 3.8) is 0 Å². The van der Waals surface area contributed by atoms with Crippen LogP contribution in [0.4, 0.5) is 0 Å². The number of fused-ring (bicyclic) bond motifs is 1. The fraction of sp³-hybridized carbons (Fsp3) is 0.348. The number of aromatic nitrogens is 2. The topological polar surface area (TPSA) is 75.3 Å². The van der Waals surface area contributed by atoms with E-state index in [4.69, 9.17) is 4.74 Å². The highest BCUT2D eigenvalue weighted by Crippen LogP contribution is 2.20. The van der Waals surface area contributed by atoms with Gasteiger partial charge in [-0.3, -0.25) is 9.59 Å². The number of nitrogens with one attached hydrogen (secondary N) is 1. The van der Waals surface area contributed by atoms with E-state index in [2.05, 4.69) is 9.97 Å². The van der Waals surface area contributed by atoms with E-state index >= 15 is 0 Å². The number of aromatic amines is 1. The number of nitrogens with zero attached hydrogens (tertiary/aromatic N) is 2. The molecule has 1 amide bonds. The van der Waals surface area contributed by atoms with Crippen molar-refractivity contribution >= 4 is 16.8 Å². The van der Waals surface area contributed by atoms with Crippen LogP contribution in [0.2, 0.25) is 0 Å². The Morgan fingerprint density at radius 1 is 1.10 bits per heavy atom. The number of carbonyl (C=O) groups is 1. The number of hydrogen-bond acceptors (Lipinski definition) is 4. The number of benzene rings is 2. The second-order valence-corrected chi connectivity index (χ2v) is 8.10. The maximum absolute atomic E-state index is 13.0. The van der Waals surface area contributed by atoms with Crippen molar-refractivity contribution in [3.8, 4) is 5.75 Å². The Hall–Kier alpha value is -3.15. The molecule has 1 aromatic heterocycles. The summed E-state index contributed by atoms with van der Waals surface area (Å²) in [5.74, 6) is 1.30. The van der Waals surface area contributed by atoms with E-state index in [1.54, 1.807) is 24.1 Å². The summed E-state index contributed by atoms with van der Waals surface area (Å²) in [5.41, 5.74) is 1.02. The summed E-state index contributed by atoms with van der Waals surface area (Å²) in [6, 6.07) is 15.0. The van der Waals surface area contributed by atoms with Crippen LogP contribution >= 0.6 is 0 Å². The number of para-hydroxylation sites is 1. The number of rotatable bonds is 6. The predicted octanol–water partition coefficient (Wildman–Crippen LogP) is 3.55. The third-order valence-electron chi connectivity index (χ3n) is 4.76. The molecule has 0 bridgehead atoms. The Balaban J connectivity index is 1.83. The maximum Gasteiger partial charge on any atom is 0.258 e. The molecular formula is C23H27N3O3. The summed E-state index contributed by atoms with van der Waals surface area (Å²) in [7, 11) is 1.63. The Kier molecular flexibility index (Phi) is 6.01. The van der Waals surface area contributed by atoms with Gasteiger partial charge in [0.1, 0.15) is 11.6 Å². The molecule has 0 aliphatic carbocycles. The summed E-state index contributed by atoms with van der Waals surface area (Å²) in [5, 5.41) is 0.545. The van der Waals surface area contributed by atoms with Gasteiger partial charge in [0.15, 0.2) is 0 Å². The van der Waals surface area contributed by atoms with Gasteiger partial charge in [-0.1, -0.05) is 45.0 Å². The lowest BCUT2D eigenvalue weighted by Crippen LogP contribution is -2.40. The second-order valence-electron chi connectivity index (χ2n) is 8.10. The van der Waals surface area contributed by atoms with E-state index in [-0.39, 0.29) is 18.0 Å². The van der Waals surface area contributed by atoms with E-state index in [1.165, 1.54) is 0 Å². The molecule has 0 atom stereocenters. The quantitative estimate of drug-likeness (QED) is 0.695. The van der Waals surface area contributed by atoms with Crippen LogP contribution in [0.1, 0.15) is 32.2 Å². The molecule has 0 aliphatic rings. The SMILES string of the molecule is COc1ccc(CCN(Cc2nc3ccccc3c(=O)[nH]2)C(=O)C(C)(C)C)cc1. The van der Waals surface area contributed by atoms with Crippen LogP contribution in [0.25, 0.3) is 10.9 Å². The molecule has 6 heteroatoms. The first-order valence-electron chi connectivity index (χ1n) is 9.68. The van der Waals surface area contributed by atoms with Gasteiger partial charge in [0.25, 0.3) is 5.56 Å². The van der Waals surface area contributed by atoms with E-state index in [0.717, 1.165) is 11.3 Å². The van der Waals surface area contributed by atoms with Crippen molar-refractivity contribution in [3.05, 3.63) is 70.3 Å². The van der Waals surface area contributed by atoms with Crippen molar-refractivity contribution in [2.24, 2.45) is 5.41 Å². The number of H-pyrrole nitrogens is 1. The standard InChI is InChI=1S/C23H27N3O3/c1-23(2,3)22(28)26(14-13-16-9-11-17(29-4)12-10-16)15-20-24-19-8-6-5-7-18(19)21(27)25-20/h5-12H,13-15H2,1-4H3,(H,24,25,27). The number of carbonyl (C=O) groups excluding carboxylic acids is 1.